The summed E-state index contributed by atoms with van der Waals surface area (Å²) in [5.41, 5.74) is 1.16. The van der Waals surface area contributed by atoms with E-state index in [4.69, 9.17) is 21.3 Å². The molecule has 3 rings (SSSR count). The summed E-state index contributed by atoms with van der Waals surface area (Å²) in [5.74, 6) is 1.84. The SMILES string of the molecule is Clc1nc(C2CCOC2)nc(C2CC2)c1I. The average molecular weight is 351 g/mol. The van der Waals surface area contributed by atoms with Crippen LogP contribution in [0.4, 0.5) is 0 Å². The quantitative estimate of drug-likeness (QED) is 0.607. The molecule has 0 N–H and O–H groups in total. The van der Waals surface area contributed by atoms with Gasteiger partial charge in [0, 0.05) is 18.4 Å². The van der Waals surface area contributed by atoms with Crippen molar-refractivity contribution in [3.05, 3.63) is 20.2 Å². The standard InChI is InChI=1S/C11H12ClIN2O/c12-10-8(13)9(6-1-2-6)14-11(15-10)7-3-4-16-5-7/h6-7H,1-5H2. The van der Waals surface area contributed by atoms with Crippen LogP contribution in [0, 0.1) is 3.57 Å². The highest BCUT2D eigenvalue weighted by Gasteiger charge is 2.31. The molecule has 1 aromatic rings. The van der Waals surface area contributed by atoms with Crippen LogP contribution in [0.5, 0.6) is 0 Å². The minimum Gasteiger partial charge on any atom is -0.381 e. The summed E-state index contributed by atoms with van der Waals surface area (Å²) in [6.45, 7) is 1.55. The van der Waals surface area contributed by atoms with Gasteiger partial charge in [-0.2, -0.15) is 0 Å². The van der Waals surface area contributed by atoms with Crippen LogP contribution < -0.4 is 0 Å². The third kappa shape index (κ3) is 2.07. The Morgan fingerprint density at radius 1 is 1.19 bits per heavy atom. The second kappa shape index (κ2) is 4.38. The zero-order valence-corrected chi connectivity index (χ0v) is 11.7. The van der Waals surface area contributed by atoms with Gasteiger partial charge in [0.05, 0.1) is 15.9 Å². The molecule has 2 aliphatic rings. The fourth-order valence-electron chi connectivity index (χ4n) is 2.00. The van der Waals surface area contributed by atoms with E-state index in [2.05, 4.69) is 27.6 Å². The van der Waals surface area contributed by atoms with E-state index < -0.39 is 0 Å². The molecule has 1 atom stereocenters. The molecule has 2 fully saturated rings. The molecule has 86 valence electrons. The molecule has 1 aliphatic carbocycles. The average Bonchev–Trinajstić information content (AvgIpc) is 2.96. The minimum absolute atomic E-state index is 0.340. The van der Waals surface area contributed by atoms with Gasteiger partial charge in [0.1, 0.15) is 11.0 Å². The van der Waals surface area contributed by atoms with Crippen molar-refractivity contribution in [2.45, 2.75) is 31.1 Å². The first-order valence-electron chi connectivity index (χ1n) is 5.56. The zero-order chi connectivity index (χ0) is 11.1. The number of hydrogen-bond donors (Lipinski definition) is 0. The van der Waals surface area contributed by atoms with Gasteiger partial charge in [-0.25, -0.2) is 9.97 Å². The molecule has 1 unspecified atom stereocenters. The summed E-state index contributed by atoms with van der Waals surface area (Å²) in [5, 5.41) is 0.611. The lowest BCUT2D eigenvalue weighted by molar-refractivity contribution is 0.193. The Morgan fingerprint density at radius 3 is 2.62 bits per heavy atom. The van der Waals surface area contributed by atoms with Gasteiger partial charge in [0.25, 0.3) is 0 Å². The largest absolute Gasteiger partial charge is 0.381 e. The van der Waals surface area contributed by atoms with E-state index in [-0.39, 0.29) is 0 Å². The Morgan fingerprint density at radius 2 is 2.00 bits per heavy atom. The number of ether oxygens (including phenoxy) is 1. The Labute approximate surface area is 113 Å². The smallest absolute Gasteiger partial charge is 0.146 e. The first-order chi connectivity index (χ1) is 7.75. The highest BCUT2D eigenvalue weighted by molar-refractivity contribution is 14.1. The second-order valence-electron chi connectivity index (χ2n) is 4.41. The summed E-state index contributed by atoms with van der Waals surface area (Å²) in [4.78, 5) is 9.09. The lowest BCUT2D eigenvalue weighted by Crippen LogP contribution is -2.08. The van der Waals surface area contributed by atoms with Crippen molar-refractivity contribution in [3.8, 4) is 0 Å². The molecule has 1 saturated carbocycles. The normalized spacial score (nSPS) is 25.0. The summed E-state index contributed by atoms with van der Waals surface area (Å²) >= 11 is 8.42. The van der Waals surface area contributed by atoms with Gasteiger partial charge in [-0.05, 0) is 41.9 Å². The van der Waals surface area contributed by atoms with Crippen molar-refractivity contribution in [2.75, 3.05) is 13.2 Å². The lowest BCUT2D eigenvalue weighted by Gasteiger charge is -2.10. The summed E-state index contributed by atoms with van der Waals surface area (Å²) in [6, 6.07) is 0. The molecule has 1 aromatic heterocycles. The maximum atomic E-state index is 6.17. The van der Waals surface area contributed by atoms with Crippen LogP contribution >= 0.6 is 34.2 Å². The molecule has 3 nitrogen and oxygen atoms in total. The minimum atomic E-state index is 0.340. The fourth-order valence-corrected chi connectivity index (χ4v) is 2.87. The number of aromatic nitrogens is 2. The molecular formula is C11H12ClIN2O. The van der Waals surface area contributed by atoms with Crippen LogP contribution in [0.3, 0.4) is 0 Å². The molecule has 16 heavy (non-hydrogen) atoms. The van der Waals surface area contributed by atoms with Gasteiger partial charge >= 0.3 is 0 Å². The lowest BCUT2D eigenvalue weighted by atomic mass is 10.1. The van der Waals surface area contributed by atoms with Gasteiger partial charge in [0.2, 0.25) is 0 Å². The van der Waals surface area contributed by atoms with Gasteiger partial charge in [-0.15, -0.1) is 0 Å². The van der Waals surface area contributed by atoms with E-state index in [1.807, 2.05) is 0 Å². The van der Waals surface area contributed by atoms with Crippen molar-refractivity contribution in [2.24, 2.45) is 0 Å². The van der Waals surface area contributed by atoms with Gasteiger partial charge in [-0.3, -0.25) is 0 Å². The number of nitrogens with zero attached hydrogens (tertiary/aromatic N) is 2. The molecule has 0 amide bonds. The maximum absolute atomic E-state index is 6.17. The third-order valence-corrected chi connectivity index (χ3v) is 4.77. The summed E-state index contributed by atoms with van der Waals surface area (Å²) < 4.78 is 6.40. The van der Waals surface area contributed by atoms with E-state index in [0.717, 1.165) is 34.7 Å². The highest BCUT2D eigenvalue weighted by Crippen LogP contribution is 2.42. The first kappa shape index (κ1) is 11.2. The van der Waals surface area contributed by atoms with Gasteiger partial charge in [0.15, 0.2) is 0 Å². The number of hydrogen-bond acceptors (Lipinski definition) is 3. The molecule has 1 aliphatic heterocycles. The van der Waals surface area contributed by atoms with E-state index in [9.17, 15) is 0 Å². The predicted molar refractivity (Wildman–Crippen MR) is 69.9 cm³/mol. The Balaban J connectivity index is 1.98. The van der Waals surface area contributed by atoms with Gasteiger partial charge < -0.3 is 4.74 Å². The number of rotatable bonds is 2. The van der Waals surface area contributed by atoms with E-state index >= 15 is 0 Å². The molecule has 0 aromatic carbocycles. The van der Waals surface area contributed by atoms with Crippen LogP contribution in [0.2, 0.25) is 5.15 Å². The monoisotopic (exact) mass is 350 g/mol. The van der Waals surface area contributed by atoms with E-state index in [1.54, 1.807) is 0 Å². The fraction of sp³-hybridized carbons (Fsp3) is 0.636. The first-order valence-corrected chi connectivity index (χ1v) is 7.02. The molecular weight excluding hydrogens is 338 g/mol. The molecule has 2 heterocycles. The van der Waals surface area contributed by atoms with E-state index in [0.29, 0.717) is 17.0 Å². The van der Waals surface area contributed by atoms with Crippen LogP contribution in [0.15, 0.2) is 0 Å². The second-order valence-corrected chi connectivity index (χ2v) is 5.84. The zero-order valence-electron chi connectivity index (χ0n) is 8.75. The summed E-state index contributed by atoms with van der Waals surface area (Å²) in [6.07, 6.45) is 3.49. The number of halogens is 2. The maximum Gasteiger partial charge on any atom is 0.146 e. The predicted octanol–water partition coefficient (Wildman–Crippen LogP) is 3.12. The van der Waals surface area contributed by atoms with Crippen molar-refractivity contribution in [3.63, 3.8) is 0 Å². The molecule has 1 saturated heterocycles. The molecule has 0 radical (unpaired) electrons. The summed E-state index contributed by atoms with van der Waals surface area (Å²) in [7, 11) is 0. The van der Waals surface area contributed by atoms with Crippen LogP contribution in [-0.4, -0.2) is 23.2 Å². The van der Waals surface area contributed by atoms with Crippen molar-refractivity contribution in [1.29, 1.82) is 0 Å². The van der Waals surface area contributed by atoms with Crippen molar-refractivity contribution in [1.82, 2.24) is 9.97 Å². The van der Waals surface area contributed by atoms with Crippen LogP contribution in [-0.2, 0) is 4.74 Å². The van der Waals surface area contributed by atoms with E-state index in [1.165, 1.54) is 12.8 Å². The van der Waals surface area contributed by atoms with Crippen LogP contribution in [0.1, 0.15) is 42.6 Å². The van der Waals surface area contributed by atoms with Crippen LogP contribution in [0.25, 0.3) is 0 Å². The Hall–Kier alpha value is 0.0600. The van der Waals surface area contributed by atoms with Crippen molar-refractivity contribution < 1.29 is 4.74 Å². The highest BCUT2D eigenvalue weighted by atomic mass is 127. The van der Waals surface area contributed by atoms with Crippen molar-refractivity contribution >= 4 is 34.2 Å². The molecule has 0 bridgehead atoms. The molecule has 5 heteroatoms. The Kier molecular flexibility index (Phi) is 3.06. The van der Waals surface area contributed by atoms with Gasteiger partial charge in [-0.1, -0.05) is 11.6 Å². The molecule has 0 spiro atoms. The third-order valence-electron chi connectivity index (χ3n) is 3.11. The topological polar surface area (TPSA) is 35.0 Å². The Bertz CT molecular complexity index is 417.